The zero-order chi connectivity index (χ0) is 34.1. The Balaban J connectivity index is 1.55. The second-order valence-electron chi connectivity index (χ2n) is 12.2. The number of benzene rings is 7. The zero-order valence-corrected chi connectivity index (χ0v) is 28.0. The summed E-state index contributed by atoms with van der Waals surface area (Å²) in [5, 5.41) is 26.8. The molecule has 0 spiro atoms. The van der Waals surface area contributed by atoms with Crippen LogP contribution in [0.1, 0.15) is 11.1 Å². The van der Waals surface area contributed by atoms with Crippen molar-refractivity contribution in [1.82, 2.24) is 4.57 Å². The number of hydrogen-bond donors (Lipinski definition) is 0. The SMILES string of the molecule is [C-]#[N+]c1ccc(-n2c3ccccc3c3cc(C#N)ccc32)c(-c2ccc(C#N)cc2[Si](c2ccccc2)(c2ccccc2)c2ccccc2)c1. The molecule has 4 nitrogen and oxygen atoms in total. The normalized spacial score (nSPS) is 11.1. The fourth-order valence-corrected chi connectivity index (χ4v) is 12.5. The van der Waals surface area contributed by atoms with E-state index >= 15 is 0 Å². The highest BCUT2D eigenvalue weighted by atomic mass is 28.3. The summed E-state index contributed by atoms with van der Waals surface area (Å²) < 4.78 is 2.24. The summed E-state index contributed by atoms with van der Waals surface area (Å²) in [5.41, 5.74) is 6.44. The van der Waals surface area contributed by atoms with Gasteiger partial charge in [0.25, 0.3) is 0 Å². The number of rotatable bonds is 6. The molecule has 5 heteroatoms. The highest BCUT2D eigenvalue weighted by Crippen LogP contribution is 2.38. The van der Waals surface area contributed by atoms with Crippen molar-refractivity contribution in [2.45, 2.75) is 0 Å². The molecule has 0 saturated heterocycles. The van der Waals surface area contributed by atoms with Crippen LogP contribution in [-0.2, 0) is 0 Å². The maximum absolute atomic E-state index is 10.4. The smallest absolute Gasteiger partial charge is 0.188 e. The first-order valence-electron chi connectivity index (χ1n) is 16.3. The molecule has 8 rings (SSSR count). The van der Waals surface area contributed by atoms with E-state index in [-0.39, 0.29) is 0 Å². The van der Waals surface area contributed by atoms with E-state index in [9.17, 15) is 10.5 Å². The molecular formula is C45H28N4Si. The third-order valence-electron chi connectivity index (χ3n) is 9.62. The van der Waals surface area contributed by atoms with E-state index in [0.29, 0.717) is 16.8 Å². The van der Waals surface area contributed by atoms with Gasteiger partial charge in [-0.05, 0) is 80.4 Å². The Morgan fingerprint density at radius 1 is 0.500 bits per heavy atom. The Hall–Kier alpha value is -6.97. The van der Waals surface area contributed by atoms with Crippen LogP contribution in [0.5, 0.6) is 0 Å². The largest absolute Gasteiger partial charge is 0.309 e. The van der Waals surface area contributed by atoms with Crippen molar-refractivity contribution >= 4 is 56.3 Å². The van der Waals surface area contributed by atoms with Gasteiger partial charge in [-0.25, -0.2) is 4.85 Å². The molecule has 0 radical (unpaired) electrons. The van der Waals surface area contributed by atoms with Crippen molar-refractivity contribution in [1.29, 1.82) is 10.5 Å². The van der Waals surface area contributed by atoms with Gasteiger partial charge >= 0.3 is 0 Å². The molecule has 0 aliphatic rings. The number of para-hydroxylation sites is 1. The van der Waals surface area contributed by atoms with Gasteiger partial charge in [-0.2, -0.15) is 10.5 Å². The molecule has 0 atom stereocenters. The monoisotopic (exact) mass is 652 g/mol. The van der Waals surface area contributed by atoms with Crippen LogP contribution < -0.4 is 20.7 Å². The van der Waals surface area contributed by atoms with E-state index in [1.165, 1.54) is 15.6 Å². The van der Waals surface area contributed by atoms with Gasteiger partial charge in [0.1, 0.15) is 0 Å². The lowest BCUT2D eigenvalue weighted by atomic mass is 10.0. The van der Waals surface area contributed by atoms with Crippen molar-refractivity contribution in [3.63, 3.8) is 0 Å². The van der Waals surface area contributed by atoms with Crippen LogP contribution in [0.2, 0.25) is 0 Å². The maximum Gasteiger partial charge on any atom is 0.188 e. The lowest BCUT2D eigenvalue weighted by Gasteiger charge is -2.36. The summed E-state index contributed by atoms with van der Waals surface area (Å²) in [6.45, 7) is 8.05. The number of nitriles is 2. The fourth-order valence-electron chi connectivity index (χ4n) is 7.50. The highest BCUT2D eigenvalue weighted by Gasteiger charge is 2.43. The van der Waals surface area contributed by atoms with E-state index in [0.717, 1.165) is 43.8 Å². The van der Waals surface area contributed by atoms with Crippen molar-refractivity contribution in [2.24, 2.45) is 0 Å². The predicted molar refractivity (Wildman–Crippen MR) is 206 cm³/mol. The van der Waals surface area contributed by atoms with Crippen LogP contribution in [0.15, 0.2) is 170 Å². The minimum Gasteiger partial charge on any atom is -0.309 e. The highest BCUT2D eigenvalue weighted by molar-refractivity contribution is 7.20. The summed E-state index contributed by atoms with van der Waals surface area (Å²) in [7, 11) is -3.10. The molecule has 0 fully saturated rings. The average Bonchev–Trinajstić information content (AvgIpc) is 3.52. The molecule has 8 aromatic rings. The molecule has 0 saturated carbocycles. The first-order chi connectivity index (χ1) is 24.7. The lowest BCUT2D eigenvalue weighted by Crippen LogP contribution is -2.75. The third kappa shape index (κ3) is 4.80. The molecule has 0 amide bonds. The Labute approximate surface area is 291 Å². The van der Waals surface area contributed by atoms with Crippen LogP contribution in [0.3, 0.4) is 0 Å². The van der Waals surface area contributed by atoms with Gasteiger partial charge in [-0.15, -0.1) is 0 Å². The summed E-state index contributed by atoms with van der Waals surface area (Å²) in [6, 6.07) is 62.7. The van der Waals surface area contributed by atoms with Gasteiger partial charge in [-0.1, -0.05) is 121 Å². The minimum atomic E-state index is -3.10. The Kier molecular flexibility index (Phi) is 7.63. The van der Waals surface area contributed by atoms with Crippen molar-refractivity contribution in [2.75, 3.05) is 0 Å². The molecule has 232 valence electrons. The summed E-state index contributed by atoms with van der Waals surface area (Å²) in [4.78, 5) is 3.89. The molecular weight excluding hydrogens is 625 g/mol. The Bertz CT molecular complexity index is 2580. The van der Waals surface area contributed by atoms with Gasteiger partial charge in [0.15, 0.2) is 13.8 Å². The number of fused-ring (bicyclic) bond motifs is 3. The van der Waals surface area contributed by atoms with Crippen LogP contribution in [0, 0.1) is 29.2 Å². The van der Waals surface area contributed by atoms with Gasteiger partial charge in [0.05, 0.1) is 46.6 Å². The van der Waals surface area contributed by atoms with E-state index in [1.54, 1.807) is 0 Å². The number of nitrogens with zero attached hydrogens (tertiary/aromatic N) is 4. The minimum absolute atomic E-state index is 0.526. The number of hydrogen-bond acceptors (Lipinski definition) is 2. The van der Waals surface area contributed by atoms with E-state index in [2.05, 4.69) is 119 Å². The van der Waals surface area contributed by atoms with Crippen molar-refractivity contribution in [3.8, 4) is 29.0 Å². The molecule has 0 aliphatic heterocycles. The van der Waals surface area contributed by atoms with Crippen LogP contribution >= 0.6 is 0 Å². The van der Waals surface area contributed by atoms with Crippen LogP contribution in [0.4, 0.5) is 5.69 Å². The van der Waals surface area contributed by atoms with Crippen molar-refractivity contribution in [3.05, 3.63) is 192 Å². The van der Waals surface area contributed by atoms with Crippen molar-refractivity contribution < 1.29 is 0 Å². The topological polar surface area (TPSA) is 56.9 Å². The van der Waals surface area contributed by atoms with E-state index in [1.807, 2.05) is 72.8 Å². The molecule has 50 heavy (non-hydrogen) atoms. The standard InChI is InChI=1S/C45H28N4Si/c1-48-34-23-26-44(49-42-20-12-11-19-38(42)40-27-32(30-46)22-25-43(40)49)41(29-34)39-24-21-33(31-47)28-45(39)50(35-13-5-2-6-14-35,36-15-7-3-8-16-36)37-17-9-4-10-18-37/h2-29H. The van der Waals surface area contributed by atoms with Gasteiger partial charge in [0, 0.05) is 10.8 Å². The molecule has 1 aromatic heterocycles. The third-order valence-corrected chi connectivity index (χ3v) is 14.4. The second kappa shape index (κ2) is 12.6. The van der Waals surface area contributed by atoms with E-state index < -0.39 is 8.07 Å². The summed E-state index contributed by atoms with van der Waals surface area (Å²) in [6.07, 6.45) is 0. The van der Waals surface area contributed by atoms with Crippen LogP contribution in [-0.4, -0.2) is 12.6 Å². The van der Waals surface area contributed by atoms with E-state index in [4.69, 9.17) is 6.57 Å². The van der Waals surface area contributed by atoms with Gasteiger partial charge < -0.3 is 4.57 Å². The quantitative estimate of drug-likeness (QED) is 0.104. The summed E-state index contributed by atoms with van der Waals surface area (Å²) in [5.74, 6) is 0. The molecule has 7 aromatic carbocycles. The first-order valence-corrected chi connectivity index (χ1v) is 18.3. The molecule has 0 unspecified atom stereocenters. The lowest BCUT2D eigenvalue weighted by molar-refractivity contribution is 1.18. The zero-order valence-electron chi connectivity index (χ0n) is 27.0. The maximum atomic E-state index is 10.4. The number of aromatic nitrogens is 1. The van der Waals surface area contributed by atoms with Gasteiger partial charge in [0.2, 0.25) is 0 Å². The van der Waals surface area contributed by atoms with Crippen LogP contribution in [0.25, 0.3) is 43.5 Å². The Morgan fingerprint density at radius 3 is 1.64 bits per heavy atom. The molecule has 0 N–H and O–H groups in total. The molecule has 1 heterocycles. The van der Waals surface area contributed by atoms with Gasteiger partial charge in [-0.3, -0.25) is 0 Å². The molecule has 0 aliphatic carbocycles. The second-order valence-corrected chi connectivity index (χ2v) is 16.0. The summed E-state index contributed by atoms with van der Waals surface area (Å²) >= 11 is 0. The predicted octanol–water partition coefficient (Wildman–Crippen LogP) is 8.12. The first kappa shape index (κ1) is 30.4. The Morgan fingerprint density at radius 2 is 1.04 bits per heavy atom. The fraction of sp³-hybridized carbons (Fsp3) is 0. The molecule has 0 bridgehead atoms. The average molecular weight is 653 g/mol.